The molecule has 0 bridgehead atoms. The van der Waals surface area contributed by atoms with Gasteiger partial charge in [0.15, 0.2) is 0 Å². The van der Waals surface area contributed by atoms with Crippen molar-refractivity contribution in [1.82, 2.24) is 15.1 Å². The molecule has 1 atom stereocenters. The topological polar surface area (TPSA) is 29.9 Å². The number of nitrogens with one attached hydrogen (secondary N) is 1. The van der Waals surface area contributed by atoms with Gasteiger partial charge >= 0.3 is 0 Å². The summed E-state index contributed by atoms with van der Waals surface area (Å²) in [7, 11) is 2.05. The Kier molecular flexibility index (Phi) is 6.06. The van der Waals surface area contributed by atoms with Crippen LogP contribution in [0, 0.1) is 6.92 Å². The number of aryl methyl sites for hydroxylation is 2. The van der Waals surface area contributed by atoms with Gasteiger partial charge in [-0.15, -0.1) is 0 Å². The van der Waals surface area contributed by atoms with Crippen molar-refractivity contribution in [2.75, 3.05) is 12.8 Å². The molecular weight excluding hydrogens is 230 g/mol. The summed E-state index contributed by atoms with van der Waals surface area (Å²) in [6.45, 7) is 9.66. The molecular formula is C13H25N3S. The number of likely N-dealkylation sites (N-methyl/N-ethyl adjacent to an activating group) is 1. The van der Waals surface area contributed by atoms with Gasteiger partial charge in [0.05, 0.1) is 5.69 Å². The molecule has 0 radical (unpaired) electrons. The van der Waals surface area contributed by atoms with Gasteiger partial charge in [-0.05, 0) is 32.2 Å². The van der Waals surface area contributed by atoms with Crippen LogP contribution >= 0.6 is 11.8 Å². The summed E-state index contributed by atoms with van der Waals surface area (Å²) in [6.07, 6.45) is 1.06. The fourth-order valence-corrected chi connectivity index (χ4v) is 2.74. The second-order valence-electron chi connectivity index (χ2n) is 4.66. The fourth-order valence-electron chi connectivity index (χ4n) is 1.84. The highest BCUT2D eigenvalue weighted by Crippen LogP contribution is 2.14. The third-order valence-electron chi connectivity index (χ3n) is 2.78. The van der Waals surface area contributed by atoms with Gasteiger partial charge in [-0.25, -0.2) is 0 Å². The van der Waals surface area contributed by atoms with Crippen molar-refractivity contribution in [3.63, 3.8) is 0 Å². The van der Waals surface area contributed by atoms with Crippen molar-refractivity contribution in [1.29, 1.82) is 0 Å². The Hall–Kier alpha value is -0.480. The standard InChI is InChI=1S/C13H25N3S/c1-6-16-13(7-11(4)15-16)8-12(14-5)9-17-10(2)3/h7,10,12,14H,6,8-9H2,1-5H3. The third-order valence-corrected chi connectivity index (χ3v) is 4.04. The van der Waals surface area contributed by atoms with Gasteiger partial charge in [0.1, 0.15) is 0 Å². The van der Waals surface area contributed by atoms with Crippen LogP contribution in [-0.4, -0.2) is 33.9 Å². The summed E-state index contributed by atoms with van der Waals surface area (Å²) in [6, 6.07) is 2.73. The lowest BCUT2D eigenvalue weighted by atomic mass is 10.2. The van der Waals surface area contributed by atoms with E-state index in [2.05, 4.69) is 48.9 Å². The van der Waals surface area contributed by atoms with Crippen LogP contribution in [0.4, 0.5) is 0 Å². The highest BCUT2D eigenvalue weighted by Gasteiger charge is 2.12. The Morgan fingerprint density at radius 1 is 1.47 bits per heavy atom. The summed E-state index contributed by atoms with van der Waals surface area (Å²) >= 11 is 2.01. The Morgan fingerprint density at radius 3 is 2.71 bits per heavy atom. The first-order valence-corrected chi connectivity index (χ1v) is 7.43. The number of aromatic nitrogens is 2. The van der Waals surface area contributed by atoms with Gasteiger partial charge < -0.3 is 5.32 Å². The van der Waals surface area contributed by atoms with Crippen molar-refractivity contribution in [2.45, 2.75) is 52.0 Å². The number of rotatable bonds is 7. The van der Waals surface area contributed by atoms with E-state index in [1.807, 2.05) is 18.8 Å². The summed E-state index contributed by atoms with van der Waals surface area (Å²) in [5, 5.41) is 8.60. The van der Waals surface area contributed by atoms with Crippen LogP contribution < -0.4 is 5.32 Å². The maximum atomic E-state index is 4.49. The number of hydrogen-bond acceptors (Lipinski definition) is 3. The number of nitrogens with zero attached hydrogens (tertiary/aromatic N) is 2. The monoisotopic (exact) mass is 255 g/mol. The molecule has 1 aromatic heterocycles. The number of hydrogen-bond donors (Lipinski definition) is 1. The van der Waals surface area contributed by atoms with Crippen LogP contribution in [0.1, 0.15) is 32.2 Å². The van der Waals surface area contributed by atoms with Gasteiger partial charge in [-0.1, -0.05) is 13.8 Å². The first kappa shape index (κ1) is 14.6. The zero-order chi connectivity index (χ0) is 12.8. The molecule has 0 fully saturated rings. The zero-order valence-corrected chi connectivity index (χ0v) is 12.5. The lowest BCUT2D eigenvalue weighted by Gasteiger charge is -2.17. The molecule has 0 saturated carbocycles. The highest BCUT2D eigenvalue weighted by molar-refractivity contribution is 7.99. The SMILES string of the molecule is CCn1nc(C)cc1CC(CSC(C)C)NC. The molecule has 98 valence electrons. The van der Waals surface area contributed by atoms with E-state index in [1.165, 1.54) is 5.69 Å². The quantitative estimate of drug-likeness (QED) is 0.812. The van der Waals surface area contributed by atoms with Gasteiger partial charge in [0, 0.05) is 30.5 Å². The van der Waals surface area contributed by atoms with E-state index < -0.39 is 0 Å². The van der Waals surface area contributed by atoms with E-state index in [9.17, 15) is 0 Å². The minimum absolute atomic E-state index is 0.531. The largest absolute Gasteiger partial charge is 0.316 e. The first-order valence-electron chi connectivity index (χ1n) is 6.39. The molecule has 0 saturated heterocycles. The Balaban J connectivity index is 2.59. The second kappa shape index (κ2) is 7.07. The predicted octanol–water partition coefficient (Wildman–Crippen LogP) is 2.48. The smallest absolute Gasteiger partial charge is 0.0596 e. The minimum Gasteiger partial charge on any atom is -0.316 e. The minimum atomic E-state index is 0.531. The van der Waals surface area contributed by atoms with Crippen LogP contribution in [0.3, 0.4) is 0 Å². The van der Waals surface area contributed by atoms with Crippen LogP contribution in [-0.2, 0) is 13.0 Å². The van der Waals surface area contributed by atoms with E-state index in [4.69, 9.17) is 0 Å². The predicted molar refractivity (Wildman–Crippen MR) is 76.8 cm³/mol. The van der Waals surface area contributed by atoms with Crippen molar-refractivity contribution < 1.29 is 0 Å². The highest BCUT2D eigenvalue weighted by atomic mass is 32.2. The third kappa shape index (κ3) is 4.72. The van der Waals surface area contributed by atoms with Crippen LogP contribution in [0.25, 0.3) is 0 Å². The summed E-state index contributed by atoms with van der Waals surface area (Å²) in [5.74, 6) is 1.15. The van der Waals surface area contributed by atoms with E-state index >= 15 is 0 Å². The van der Waals surface area contributed by atoms with Crippen molar-refractivity contribution in [3.8, 4) is 0 Å². The van der Waals surface area contributed by atoms with E-state index in [1.54, 1.807) is 0 Å². The maximum Gasteiger partial charge on any atom is 0.0596 e. The Morgan fingerprint density at radius 2 is 2.18 bits per heavy atom. The molecule has 17 heavy (non-hydrogen) atoms. The molecule has 4 heteroatoms. The molecule has 0 aliphatic heterocycles. The molecule has 1 aromatic rings. The molecule has 1 heterocycles. The molecule has 1 unspecified atom stereocenters. The second-order valence-corrected chi connectivity index (χ2v) is 6.27. The summed E-state index contributed by atoms with van der Waals surface area (Å²) < 4.78 is 2.11. The molecule has 0 aliphatic carbocycles. The molecule has 1 N–H and O–H groups in total. The zero-order valence-electron chi connectivity index (χ0n) is 11.7. The fraction of sp³-hybridized carbons (Fsp3) is 0.769. The lowest BCUT2D eigenvalue weighted by molar-refractivity contribution is 0.556. The van der Waals surface area contributed by atoms with Crippen LogP contribution in [0.2, 0.25) is 0 Å². The van der Waals surface area contributed by atoms with Crippen molar-refractivity contribution in [3.05, 3.63) is 17.5 Å². The first-order chi connectivity index (χ1) is 8.06. The average molecular weight is 255 g/mol. The van der Waals surface area contributed by atoms with Gasteiger partial charge in [-0.3, -0.25) is 4.68 Å². The molecule has 3 nitrogen and oxygen atoms in total. The van der Waals surface area contributed by atoms with Gasteiger partial charge in [0.25, 0.3) is 0 Å². The van der Waals surface area contributed by atoms with Crippen LogP contribution in [0.5, 0.6) is 0 Å². The van der Waals surface area contributed by atoms with Crippen molar-refractivity contribution >= 4 is 11.8 Å². The molecule has 0 aromatic carbocycles. The summed E-state index contributed by atoms with van der Waals surface area (Å²) in [4.78, 5) is 0. The lowest BCUT2D eigenvalue weighted by Crippen LogP contribution is -2.31. The van der Waals surface area contributed by atoms with Crippen molar-refractivity contribution in [2.24, 2.45) is 0 Å². The maximum absolute atomic E-state index is 4.49. The molecule has 0 amide bonds. The van der Waals surface area contributed by atoms with Gasteiger partial charge in [0.2, 0.25) is 0 Å². The van der Waals surface area contributed by atoms with Gasteiger partial charge in [-0.2, -0.15) is 16.9 Å². The molecule has 0 aliphatic rings. The Bertz CT molecular complexity index is 333. The summed E-state index contributed by atoms with van der Waals surface area (Å²) in [5.41, 5.74) is 2.46. The van der Waals surface area contributed by atoms with E-state index in [0.29, 0.717) is 11.3 Å². The average Bonchev–Trinajstić information content (AvgIpc) is 2.64. The number of thioether (sulfide) groups is 1. The van der Waals surface area contributed by atoms with E-state index in [0.717, 1.165) is 24.4 Å². The van der Waals surface area contributed by atoms with Crippen LogP contribution in [0.15, 0.2) is 6.07 Å². The normalized spacial score (nSPS) is 13.3. The molecule has 1 rings (SSSR count). The molecule has 0 spiro atoms. The van der Waals surface area contributed by atoms with E-state index in [-0.39, 0.29) is 0 Å². The Labute approximate surface area is 109 Å².